The lowest BCUT2D eigenvalue weighted by atomic mass is 9.70. The molecule has 196 valence electrons. The van der Waals surface area contributed by atoms with Crippen molar-refractivity contribution in [3.8, 4) is 6.07 Å². The third-order valence-electron chi connectivity index (χ3n) is 5.89. The number of thiophene rings is 1. The van der Waals surface area contributed by atoms with E-state index in [-0.39, 0.29) is 31.8 Å². The number of ketones is 1. The fourth-order valence-electron chi connectivity index (χ4n) is 4.18. The number of allylic oxidation sites excluding steroid dienone is 1. The van der Waals surface area contributed by atoms with Gasteiger partial charge < -0.3 is 15.7 Å². The van der Waals surface area contributed by atoms with Crippen molar-refractivity contribution in [2.24, 2.45) is 5.92 Å². The highest BCUT2D eigenvalue weighted by atomic mass is 35.5. The van der Waals surface area contributed by atoms with Crippen LogP contribution < -0.4 is 10.6 Å². The minimum atomic E-state index is -5.34. The summed E-state index contributed by atoms with van der Waals surface area (Å²) >= 11 is 7.88. The van der Waals surface area contributed by atoms with Crippen molar-refractivity contribution in [1.82, 2.24) is 5.32 Å². The summed E-state index contributed by atoms with van der Waals surface area (Å²) < 4.78 is 43.7. The van der Waals surface area contributed by atoms with E-state index in [1.807, 2.05) is 11.4 Å². The van der Waals surface area contributed by atoms with Gasteiger partial charge in [-0.2, -0.15) is 18.4 Å². The van der Waals surface area contributed by atoms with Gasteiger partial charge in [0.2, 0.25) is 11.6 Å². The van der Waals surface area contributed by atoms with Gasteiger partial charge in [-0.15, -0.1) is 11.3 Å². The molecule has 1 aliphatic rings. The molecule has 0 unspecified atom stereocenters. The topological polar surface area (TPSA) is 102 Å². The zero-order valence-electron chi connectivity index (χ0n) is 19.3. The summed E-state index contributed by atoms with van der Waals surface area (Å²) in [6.45, 7) is 0. The van der Waals surface area contributed by atoms with Crippen molar-refractivity contribution in [3.05, 3.63) is 98.2 Å². The molecule has 1 amide bonds. The van der Waals surface area contributed by atoms with E-state index in [0.717, 1.165) is 11.3 Å². The Morgan fingerprint density at radius 3 is 2.42 bits per heavy atom. The fourth-order valence-corrected chi connectivity index (χ4v) is 6.04. The normalized spacial score (nSPS) is 21.4. The molecule has 3 aromatic rings. The number of anilines is 1. The SMILES string of the molecule is N#CC1=C(SCC(=O)Nc2ccccc2)N[C@@](O)(C(F)(F)F)[C@H](C(=O)c2cccs2)[C@H]1c1ccccc1Cl. The van der Waals surface area contributed by atoms with Gasteiger partial charge in [0.25, 0.3) is 0 Å². The minimum Gasteiger partial charge on any atom is -0.363 e. The third kappa shape index (κ3) is 5.44. The van der Waals surface area contributed by atoms with Crippen molar-refractivity contribution in [2.45, 2.75) is 17.8 Å². The number of aliphatic hydroxyl groups is 1. The minimum absolute atomic E-state index is 0.0202. The number of thioether (sulfide) groups is 1. The molecule has 3 atom stereocenters. The molecular weight excluding hydrogens is 559 g/mol. The number of hydrogen-bond donors (Lipinski definition) is 3. The van der Waals surface area contributed by atoms with Gasteiger partial charge in [0.15, 0.2) is 5.78 Å². The predicted octanol–water partition coefficient (Wildman–Crippen LogP) is 5.95. The van der Waals surface area contributed by atoms with Crippen LogP contribution in [-0.4, -0.2) is 34.5 Å². The van der Waals surface area contributed by atoms with E-state index in [1.165, 1.54) is 35.7 Å². The van der Waals surface area contributed by atoms with Gasteiger partial charge in [0.1, 0.15) is 0 Å². The molecule has 1 aromatic heterocycles. The lowest BCUT2D eigenvalue weighted by Crippen LogP contribution is -2.66. The molecule has 2 aromatic carbocycles. The Labute approximate surface area is 229 Å². The summed E-state index contributed by atoms with van der Waals surface area (Å²) in [5.41, 5.74) is -3.47. The van der Waals surface area contributed by atoms with Crippen molar-refractivity contribution < 1.29 is 27.9 Å². The van der Waals surface area contributed by atoms with Crippen LogP contribution in [0.4, 0.5) is 18.9 Å². The standard InChI is InChI=1S/C26H19ClF3N3O3S2/c27-18-10-5-4-9-16(18)21-17(13-31)24(38-14-20(34)32-15-7-2-1-3-8-15)33-25(36,26(28,29)30)22(21)23(35)19-11-6-12-37-19/h1-12,21-22,33,36H,14H2,(H,32,34)/t21-,22-,25-/m0/s1. The third-order valence-corrected chi connectivity index (χ3v) is 8.13. The molecule has 1 aliphatic heterocycles. The predicted molar refractivity (Wildman–Crippen MR) is 141 cm³/mol. The van der Waals surface area contributed by atoms with Crippen molar-refractivity contribution >= 4 is 52.1 Å². The number of para-hydroxylation sites is 1. The first kappa shape index (κ1) is 27.7. The summed E-state index contributed by atoms with van der Waals surface area (Å²) in [4.78, 5) is 26.0. The monoisotopic (exact) mass is 577 g/mol. The molecule has 0 fully saturated rings. The van der Waals surface area contributed by atoms with Crippen molar-refractivity contribution in [3.63, 3.8) is 0 Å². The van der Waals surface area contributed by atoms with Gasteiger partial charge in [-0.25, -0.2) is 0 Å². The number of nitrogens with zero attached hydrogens (tertiary/aromatic N) is 1. The lowest BCUT2D eigenvalue weighted by molar-refractivity contribution is -0.285. The van der Waals surface area contributed by atoms with Crippen LogP contribution in [0.15, 0.2) is 82.7 Å². The first-order valence-corrected chi connectivity index (χ1v) is 13.3. The van der Waals surface area contributed by atoms with E-state index < -0.39 is 35.4 Å². The van der Waals surface area contributed by atoms with E-state index in [4.69, 9.17) is 11.6 Å². The molecule has 0 bridgehead atoms. The van der Waals surface area contributed by atoms with Crippen LogP contribution in [0.25, 0.3) is 0 Å². The number of nitrogens with one attached hydrogen (secondary N) is 2. The smallest absolute Gasteiger partial charge is 0.363 e. The second-order valence-electron chi connectivity index (χ2n) is 8.27. The van der Waals surface area contributed by atoms with Crippen LogP contribution in [0, 0.1) is 17.2 Å². The number of hydrogen-bond acceptors (Lipinski definition) is 7. The summed E-state index contributed by atoms with van der Waals surface area (Å²) in [6, 6.07) is 19.1. The van der Waals surface area contributed by atoms with Gasteiger partial charge in [0, 0.05) is 16.6 Å². The summed E-state index contributed by atoms with van der Waals surface area (Å²) in [7, 11) is 0. The molecule has 6 nitrogen and oxygen atoms in total. The van der Waals surface area contributed by atoms with E-state index >= 15 is 0 Å². The summed E-state index contributed by atoms with van der Waals surface area (Å²) in [6.07, 6.45) is -5.34. The fraction of sp³-hybridized carbons (Fsp3) is 0.192. The number of alkyl halides is 3. The summed E-state index contributed by atoms with van der Waals surface area (Å²) in [5, 5.41) is 27.1. The molecule has 0 spiro atoms. The molecule has 0 saturated carbocycles. The van der Waals surface area contributed by atoms with E-state index in [9.17, 15) is 33.1 Å². The Bertz CT molecular complexity index is 1410. The van der Waals surface area contributed by atoms with Gasteiger partial charge >= 0.3 is 6.18 Å². The van der Waals surface area contributed by atoms with Gasteiger partial charge in [-0.3, -0.25) is 9.59 Å². The maximum absolute atomic E-state index is 14.6. The number of amides is 1. The van der Waals surface area contributed by atoms with E-state index in [0.29, 0.717) is 17.4 Å². The zero-order valence-corrected chi connectivity index (χ0v) is 21.7. The molecule has 3 N–H and O–H groups in total. The highest BCUT2D eigenvalue weighted by molar-refractivity contribution is 8.03. The van der Waals surface area contributed by atoms with Gasteiger partial charge in [-0.05, 0) is 35.2 Å². The Morgan fingerprint density at radius 1 is 1.13 bits per heavy atom. The quantitative estimate of drug-likeness (QED) is 0.300. The highest BCUT2D eigenvalue weighted by Gasteiger charge is 2.66. The Balaban J connectivity index is 1.82. The largest absolute Gasteiger partial charge is 0.437 e. The molecule has 4 rings (SSSR count). The Kier molecular flexibility index (Phi) is 8.18. The van der Waals surface area contributed by atoms with Crippen LogP contribution in [0.1, 0.15) is 21.2 Å². The van der Waals surface area contributed by atoms with Crippen molar-refractivity contribution in [2.75, 3.05) is 11.1 Å². The molecular formula is C26H19ClF3N3O3S2. The Hall–Kier alpha value is -3.30. The maximum Gasteiger partial charge on any atom is 0.437 e. The highest BCUT2D eigenvalue weighted by Crippen LogP contribution is 2.52. The van der Waals surface area contributed by atoms with Crippen LogP contribution in [-0.2, 0) is 4.79 Å². The molecule has 2 heterocycles. The van der Waals surface area contributed by atoms with Crippen LogP contribution in [0.2, 0.25) is 5.02 Å². The van der Waals surface area contributed by atoms with Crippen LogP contribution in [0.5, 0.6) is 0 Å². The van der Waals surface area contributed by atoms with Crippen molar-refractivity contribution in [1.29, 1.82) is 5.26 Å². The number of halogens is 4. The molecule has 0 radical (unpaired) electrons. The lowest BCUT2D eigenvalue weighted by Gasteiger charge is -2.45. The van der Waals surface area contributed by atoms with E-state index in [2.05, 4.69) is 5.32 Å². The number of rotatable bonds is 7. The number of carbonyl (C=O) groups is 2. The maximum atomic E-state index is 14.6. The second kappa shape index (κ2) is 11.2. The summed E-state index contributed by atoms with van der Waals surface area (Å²) in [5.74, 6) is -5.67. The second-order valence-corrected chi connectivity index (χ2v) is 10.6. The first-order valence-electron chi connectivity index (χ1n) is 11.1. The van der Waals surface area contributed by atoms with Gasteiger partial charge in [-0.1, -0.05) is 65.8 Å². The van der Waals surface area contributed by atoms with Crippen LogP contribution in [0.3, 0.4) is 0 Å². The average Bonchev–Trinajstić information content (AvgIpc) is 3.42. The number of benzene rings is 2. The zero-order chi connectivity index (χ0) is 27.5. The average molecular weight is 578 g/mol. The van der Waals surface area contributed by atoms with Crippen LogP contribution >= 0.6 is 34.7 Å². The number of Topliss-reactive ketones (excluding diaryl/α,β-unsaturated/α-hetero) is 1. The molecule has 12 heteroatoms. The van der Waals surface area contributed by atoms with E-state index in [1.54, 1.807) is 36.4 Å². The molecule has 38 heavy (non-hydrogen) atoms. The number of carbonyl (C=O) groups excluding carboxylic acids is 2. The molecule has 0 saturated heterocycles. The number of nitriles is 1. The Morgan fingerprint density at radius 2 is 1.82 bits per heavy atom. The molecule has 0 aliphatic carbocycles. The van der Waals surface area contributed by atoms with Gasteiger partial charge in [0.05, 0.1) is 33.2 Å². The first-order chi connectivity index (χ1) is 18.1.